The smallest absolute Gasteiger partial charge is 0.189 e. The number of carbonyl (C=O) groups excluding carboxylic acids is 1. The Bertz CT molecular complexity index is 1230. The lowest BCUT2D eigenvalue weighted by Crippen LogP contribution is -2.11. The molecule has 0 fully saturated rings. The number of benzene rings is 1. The maximum Gasteiger partial charge on any atom is 0.189 e. The molecule has 3 heterocycles. The third kappa shape index (κ3) is 3.76. The summed E-state index contributed by atoms with van der Waals surface area (Å²) in [4.78, 5) is 25.8. The van der Waals surface area contributed by atoms with Gasteiger partial charge in [-0.3, -0.25) is 9.20 Å². The van der Waals surface area contributed by atoms with Crippen LogP contribution in [0.1, 0.15) is 33.3 Å². The highest BCUT2D eigenvalue weighted by atomic mass is 19.1. The molecule has 8 heteroatoms. The van der Waals surface area contributed by atoms with Crippen LogP contribution in [0.4, 0.5) is 8.78 Å². The van der Waals surface area contributed by atoms with E-state index in [-0.39, 0.29) is 24.4 Å². The molecule has 3 aromatic heterocycles. The lowest BCUT2D eigenvalue weighted by molar-refractivity contribution is 0.0984. The quantitative estimate of drug-likeness (QED) is 0.451. The van der Waals surface area contributed by atoms with Gasteiger partial charge in [-0.25, -0.2) is 23.7 Å². The Morgan fingerprint density at radius 3 is 2.57 bits per heavy atom. The van der Waals surface area contributed by atoms with E-state index in [1.165, 1.54) is 18.2 Å². The number of carbonyl (C=O) groups is 1. The van der Waals surface area contributed by atoms with E-state index in [0.29, 0.717) is 28.6 Å². The number of hydrogen-bond acceptors (Lipinski definition) is 5. The molecule has 0 bridgehead atoms. The minimum Gasteiger partial charge on any atom is -0.485 e. The number of Topliss-reactive ketones (excluding diaryl/α,β-unsaturated/α-hetero) is 1. The number of aryl methyl sites for hydroxylation is 2. The zero-order chi connectivity index (χ0) is 21.3. The van der Waals surface area contributed by atoms with Crippen molar-refractivity contribution >= 4 is 11.4 Å². The Morgan fingerprint density at radius 2 is 1.83 bits per heavy atom. The molecule has 0 amide bonds. The maximum absolute atomic E-state index is 13.9. The van der Waals surface area contributed by atoms with Gasteiger partial charge in [0, 0.05) is 18.1 Å². The number of ether oxygens (including phenoxy) is 1. The van der Waals surface area contributed by atoms with Crippen LogP contribution in [0.2, 0.25) is 0 Å². The molecule has 0 aliphatic carbocycles. The first-order valence-electron chi connectivity index (χ1n) is 9.29. The largest absolute Gasteiger partial charge is 0.485 e. The molecule has 0 saturated carbocycles. The predicted octanol–water partition coefficient (Wildman–Crippen LogP) is 4.02. The summed E-state index contributed by atoms with van der Waals surface area (Å²) in [5.41, 5.74) is 1.90. The molecular weight excluding hydrogens is 390 g/mol. The van der Waals surface area contributed by atoms with Gasteiger partial charge in [0.1, 0.15) is 29.8 Å². The van der Waals surface area contributed by atoms with E-state index in [1.54, 1.807) is 41.9 Å². The van der Waals surface area contributed by atoms with Gasteiger partial charge < -0.3 is 4.74 Å². The van der Waals surface area contributed by atoms with Crippen molar-refractivity contribution in [3.8, 4) is 5.75 Å². The second-order valence-electron chi connectivity index (χ2n) is 6.81. The average molecular weight is 408 g/mol. The van der Waals surface area contributed by atoms with E-state index in [4.69, 9.17) is 4.74 Å². The highest BCUT2D eigenvalue weighted by molar-refractivity contribution is 5.97. The molecular formula is C22H18F2N4O2. The first-order valence-corrected chi connectivity index (χ1v) is 9.29. The van der Waals surface area contributed by atoms with Crippen LogP contribution in [-0.2, 0) is 13.0 Å². The summed E-state index contributed by atoms with van der Waals surface area (Å²) >= 11 is 0. The third-order valence-electron chi connectivity index (χ3n) is 4.65. The highest BCUT2D eigenvalue weighted by Gasteiger charge is 2.20. The summed E-state index contributed by atoms with van der Waals surface area (Å²) < 4.78 is 35.0. The molecule has 30 heavy (non-hydrogen) atoms. The number of aromatic nitrogens is 4. The first kappa shape index (κ1) is 19.6. The van der Waals surface area contributed by atoms with Gasteiger partial charge in [0.15, 0.2) is 17.2 Å². The topological polar surface area (TPSA) is 69.4 Å². The summed E-state index contributed by atoms with van der Waals surface area (Å²) in [7, 11) is 0. The van der Waals surface area contributed by atoms with Crippen molar-refractivity contribution in [2.24, 2.45) is 0 Å². The van der Waals surface area contributed by atoms with Crippen molar-refractivity contribution in [1.29, 1.82) is 0 Å². The Balaban J connectivity index is 1.64. The van der Waals surface area contributed by atoms with Crippen LogP contribution in [0.15, 0.2) is 48.8 Å². The van der Waals surface area contributed by atoms with Crippen LogP contribution in [0.25, 0.3) is 5.65 Å². The molecule has 4 rings (SSSR count). The van der Waals surface area contributed by atoms with E-state index < -0.39 is 11.6 Å². The SMILES string of the molecule is Cc1ccnc(CC(=O)c2c(C)nc3c(OCc4c(F)cccc4F)cccn23)n1. The van der Waals surface area contributed by atoms with Gasteiger partial charge in [-0.05, 0) is 44.2 Å². The second kappa shape index (κ2) is 7.98. The monoisotopic (exact) mass is 408 g/mol. The molecule has 152 valence electrons. The van der Waals surface area contributed by atoms with Gasteiger partial charge in [-0.1, -0.05) is 6.07 Å². The van der Waals surface area contributed by atoms with Gasteiger partial charge in [-0.15, -0.1) is 0 Å². The van der Waals surface area contributed by atoms with E-state index >= 15 is 0 Å². The number of fused-ring (bicyclic) bond motifs is 1. The molecule has 0 saturated heterocycles. The van der Waals surface area contributed by atoms with Crippen LogP contribution in [0, 0.1) is 25.5 Å². The Labute approximate surface area is 171 Å². The fraction of sp³-hybridized carbons (Fsp3) is 0.182. The highest BCUT2D eigenvalue weighted by Crippen LogP contribution is 2.24. The fourth-order valence-electron chi connectivity index (χ4n) is 3.24. The predicted molar refractivity (Wildman–Crippen MR) is 105 cm³/mol. The van der Waals surface area contributed by atoms with Crippen molar-refractivity contribution in [2.75, 3.05) is 0 Å². The van der Waals surface area contributed by atoms with Gasteiger partial charge in [0.25, 0.3) is 0 Å². The fourth-order valence-corrected chi connectivity index (χ4v) is 3.24. The standard InChI is InChI=1S/C22H18F2N4O2/c1-13-8-9-25-20(26-13)11-18(29)21-14(2)27-22-19(7-4-10-28(21)22)30-12-15-16(23)5-3-6-17(15)24/h3-10H,11-12H2,1-2H3. The molecule has 1 aromatic carbocycles. The Hall–Kier alpha value is -3.68. The minimum atomic E-state index is -0.685. The van der Waals surface area contributed by atoms with Crippen molar-refractivity contribution in [2.45, 2.75) is 26.9 Å². The summed E-state index contributed by atoms with van der Waals surface area (Å²) in [5, 5.41) is 0. The first-order chi connectivity index (χ1) is 14.4. The summed E-state index contributed by atoms with van der Waals surface area (Å²) in [6.45, 7) is 3.25. The molecule has 6 nitrogen and oxygen atoms in total. The molecule has 0 aliphatic rings. The second-order valence-corrected chi connectivity index (χ2v) is 6.81. The zero-order valence-corrected chi connectivity index (χ0v) is 16.4. The molecule has 0 spiro atoms. The van der Waals surface area contributed by atoms with Gasteiger partial charge >= 0.3 is 0 Å². The molecule has 4 aromatic rings. The van der Waals surface area contributed by atoms with Crippen LogP contribution in [-0.4, -0.2) is 25.1 Å². The number of pyridine rings is 1. The number of halogens is 2. The van der Waals surface area contributed by atoms with Gasteiger partial charge in [0.2, 0.25) is 0 Å². The van der Waals surface area contributed by atoms with E-state index in [9.17, 15) is 13.6 Å². The van der Waals surface area contributed by atoms with Crippen LogP contribution in [0.3, 0.4) is 0 Å². The number of rotatable bonds is 6. The lowest BCUT2D eigenvalue weighted by atomic mass is 10.1. The maximum atomic E-state index is 13.9. The number of hydrogen-bond donors (Lipinski definition) is 0. The minimum absolute atomic E-state index is 0.0296. The third-order valence-corrected chi connectivity index (χ3v) is 4.65. The number of ketones is 1. The lowest BCUT2D eigenvalue weighted by Gasteiger charge is -2.09. The number of imidazole rings is 1. The van der Waals surface area contributed by atoms with Gasteiger partial charge in [-0.2, -0.15) is 0 Å². The summed E-state index contributed by atoms with van der Waals surface area (Å²) in [6, 6.07) is 8.72. The number of nitrogens with zero attached hydrogens (tertiary/aromatic N) is 4. The molecule has 0 radical (unpaired) electrons. The van der Waals surface area contributed by atoms with Crippen LogP contribution in [0.5, 0.6) is 5.75 Å². The molecule has 0 aliphatic heterocycles. The molecule has 0 N–H and O–H groups in total. The molecule has 0 unspecified atom stereocenters. The average Bonchev–Trinajstić information content (AvgIpc) is 3.04. The van der Waals surface area contributed by atoms with Crippen molar-refractivity contribution in [3.63, 3.8) is 0 Å². The van der Waals surface area contributed by atoms with Crippen molar-refractivity contribution < 1.29 is 18.3 Å². The van der Waals surface area contributed by atoms with E-state index in [0.717, 1.165) is 5.69 Å². The zero-order valence-electron chi connectivity index (χ0n) is 16.4. The van der Waals surface area contributed by atoms with E-state index in [2.05, 4.69) is 15.0 Å². The summed E-state index contributed by atoms with van der Waals surface area (Å²) in [6.07, 6.45) is 3.33. The Morgan fingerprint density at radius 1 is 1.07 bits per heavy atom. The van der Waals surface area contributed by atoms with Crippen LogP contribution >= 0.6 is 0 Å². The normalized spacial score (nSPS) is 11.1. The summed E-state index contributed by atoms with van der Waals surface area (Å²) in [5.74, 6) is -0.820. The van der Waals surface area contributed by atoms with E-state index in [1.807, 2.05) is 6.92 Å². The van der Waals surface area contributed by atoms with Crippen molar-refractivity contribution in [1.82, 2.24) is 19.4 Å². The van der Waals surface area contributed by atoms with Crippen LogP contribution < -0.4 is 4.74 Å². The van der Waals surface area contributed by atoms with Crippen molar-refractivity contribution in [3.05, 3.63) is 88.9 Å². The van der Waals surface area contributed by atoms with Gasteiger partial charge in [0.05, 0.1) is 17.7 Å². The molecule has 0 atom stereocenters. The Kier molecular flexibility index (Phi) is 5.22.